The maximum atomic E-state index is 10.9. The van der Waals surface area contributed by atoms with E-state index in [2.05, 4.69) is 10.5 Å². The van der Waals surface area contributed by atoms with E-state index in [0.29, 0.717) is 5.69 Å². The van der Waals surface area contributed by atoms with Crippen LogP contribution in [0, 0.1) is 6.92 Å². The van der Waals surface area contributed by atoms with Gasteiger partial charge in [0.25, 0.3) is 5.91 Å². The lowest BCUT2D eigenvalue weighted by atomic mass is 10.2. The van der Waals surface area contributed by atoms with Crippen molar-refractivity contribution < 1.29 is 10.0 Å². The Kier molecular flexibility index (Phi) is 3.03. The first-order chi connectivity index (χ1) is 6.22. The van der Waals surface area contributed by atoms with Crippen LogP contribution < -0.4 is 5.32 Å². The zero-order chi connectivity index (χ0) is 9.68. The van der Waals surface area contributed by atoms with Crippen molar-refractivity contribution in [1.29, 1.82) is 0 Å². The predicted molar refractivity (Wildman–Crippen MR) is 50.1 cm³/mol. The Morgan fingerprint density at radius 1 is 1.62 bits per heavy atom. The molecule has 0 saturated heterocycles. The number of nitrogens with zero attached hydrogens (tertiary/aromatic N) is 1. The molecule has 4 nitrogen and oxygen atoms in total. The highest BCUT2D eigenvalue weighted by atomic mass is 16.4. The number of nitrogens with one attached hydrogen (secondary N) is 1. The fourth-order valence-electron chi connectivity index (χ4n) is 0.950. The zero-order valence-corrected chi connectivity index (χ0v) is 7.19. The maximum Gasteiger partial charge on any atom is 0.270 e. The van der Waals surface area contributed by atoms with Crippen molar-refractivity contribution in [2.45, 2.75) is 6.92 Å². The minimum Gasteiger partial charge on any atom is -0.411 e. The normalized spacial score (nSPS) is 10.2. The van der Waals surface area contributed by atoms with Crippen molar-refractivity contribution in [3.8, 4) is 0 Å². The molecule has 0 aliphatic rings. The van der Waals surface area contributed by atoms with Crippen LogP contribution in [-0.2, 0) is 4.79 Å². The number of anilines is 1. The smallest absolute Gasteiger partial charge is 0.270 e. The van der Waals surface area contributed by atoms with Crippen molar-refractivity contribution in [3.05, 3.63) is 29.8 Å². The minimum atomic E-state index is -0.451. The van der Waals surface area contributed by atoms with Crippen LogP contribution in [0.5, 0.6) is 0 Å². The summed E-state index contributed by atoms with van der Waals surface area (Å²) in [5, 5.41) is 13.2. The first-order valence-corrected chi connectivity index (χ1v) is 3.77. The molecule has 0 atom stereocenters. The van der Waals surface area contributed by atoms with Crippen molar-refractivity contribution in [2.75, 3.05) is 5.32 Å². The van der Waals surface area contributed by atoms with Gasteiger partial charge in [-0.2, -0.15) is 0 Å². The Morgan fingerprint density at radius 2 is 2.38 bits per heavy atom. The number of oxime groups is 1. The molecule has 0 aliphatic heterocycles. The summed E-state index contributed by atoms with van der Waals surface area (Å²) in [4.78, 5) is 10.9. The lowest BCUT2D eigenvalue weighted by Crippen LogP contribution is -2.12. The van der Waals surface area contributed by atoms with E-state index in [-0.39, 0.29) is 0 Å². The number of rotatable bonds is 2. The molecular formula is C9H10N2O2. The Labute approximate surface area is 75.9 Å². The number of carbonyl (C=O) groups is 1. The molecule has 0 unspecified atom stereocenters. The molecule has 1 rings (SSSR count). The maximum absolute atomic E-state index is 10.9. The number of hydrogen-bond acceptors (Lipinski definition) is 3. The van der Waals surface area contributed by atoms with Crippen LogP contribution in [0.1, 0.15) is 5.56 Å². The molecule has 0 fully saturated rings. The van der Waals surface area contributed by atoms with Gasteiger partial charge in [-0.15, -0.1) is 0 Å². The summed E-state index contributed by atoms with van der Waals surface area (Å²) in [6, 6.07) is 7.34. The molecule has 68 valence electrons. The van der Waals surface area contributed by atoms with Crippen LogP contribution in [0.4, 0.5) is 5.69 Å². The van der Waals surface area contributed by atoms with Crippen LogP contribution in [-0.4, -0.2) is 17.3 Å². The third-order valence-corrected chi connectivity index (χ3v) is 1.46. The topological polar surface area (TPSA) is 61.7 Å². The molecule has 0 bridgehead atoms. The monoisotopic (exact) mass is 178 g/mol. The second kappa shape index (κ2) is 4.25. The Hall–Kier alpha value is -1.84. The van der Waals surface area contributed by atoms with Gasteiger partial charge < -0.3 is 10.5 Å². The third-order valence-electron chi connectivity index (χ3n) is 1.46. The van der Waals surface area contributed by atoms with Gasteiger partial charge in [-0.3, -0.25) is 4.79 Å². The second-order valence-electron chi connectivity index (χ2n) is 2.60. The lowest BCUT2D eigenvalue weighted by molar-refractivity contribution is -0.110. The molecule has 1 aromatic carbocycles. The van der Waals surface area contributed by atoms with E-state index >= 15 is 0 Å². The average Bonchev–Trinajstić information content (AvgIpc) is 2.04. The highest BCUT2D eigenvalue weighted by Gasteiger charge is 1.97. The van der Waals surface area contributed by atoms with Crippen molar-refractivity contribution in [2.24, 2.45) is 5.16 Å². The van der Waals surface area contributed by atoms with Crippen LogP contribution in [0.15, 0.2) is 29.4 Å². The molecule has 1 amide bonds. The summed E-state index contributed by atoms with van der Waals surface area (Å²) in [7, 11) is 0. The molecule has 13 heavy (non-hydrogen) atoms. The van der Waals surface area contributed by atoms with Crippen LogP contribution in [0.25, 0.3) is 0 Å². The standard InChI is InChI=1S/C9H10N2O2/c1-7-3-2-4-8(5-7)11-9(12)6-10-13/h2-6,13H,1H3,(H,11,12)/b10-6+. The fourth-order valence-corrected chi connectivity index (χ4v) is 0.950. The number of amides is 1. The highest BCUT2D eigenvalue weighted by molar-refractivity contribution is 6.31. The largest absolute Gasteiger partial charge is 0.411 e. The minimum absolute atomic E-state index is 0.451. The molecule has 0 radical (unpaired) electrons. The van der Waals surface area contributed by atoms with E-state index in [1.165, 1.54) is 0 Å². The molecule has 0 aliphatic carbocycles. The van der Waals surface area contributed by atoms with Gasteiger partial charge in [0.15, 0.2) is 0 Å². The van der Waals surface area contributed by atoms with Gasteiger partial charge in [0.05, 0.1) is 0 Å². The van der Waals surface area contributed by atoms with E-state index in [0.717, 1.165) is 11.8 Å². The summed E-state index contributed by atoms with van der Waals surface area (Å²) in [5.41, 5.74) is 1.74. The molecule has 4 heteroatoms. The van der Waals surface area contributed by atoms with E-state index < -0.39 is 5.91 Å². The van der Waals surface area contributed by atoms with Gasteiger partial charge in [0, 0.05) is 5.69 Å². The molecule has 0 heterocycles. The molecule has 0 saturated carbocycles. The Balaban J connectivity index is 2.69. The fraction of sp³-hybridized carbons (Fsp3) is 0.111. The first kappa shape index (κ1) is 9.25. The summed E-state index contributed by atoms with van der Waals surface area (Å²) in [6.45, 7) is 1.93. The van der Waals surface area contributed by atoms with Crippen LogP contribution >= 0.6 is 0 Å². The summed E-state index contributed by atoms with van der Waals surface area (Å²) in [5.74, 6) is -0.451. The lowest BCUT2D eigenvalue weighted by Gasteiger charge is -2.01. The number of benzene rings is 1. The first-order valence-electron chi connectivity index (χ1n) is 3.77. The van der Waals surface area contributed by atoms with Crippen molar-refractivity contribution in [3.63, 3.8) is 0 Å². The van der Waals surface area contributed by atoms with Crippen molar-refractivity contribution >= 4 is 17.8 Å². The molecule has 0 spiro atoms. The summed E-state index contributed by atoms with van der Waals surface area (Å²) >= 11 is 0. The average molecular weight is 178 g/mol. The van der Waals surface area contributed by atoms with E-state index in [9.17, 15) is 4.79 Å². The molecular weight excluding hydrogens is 168 g/mol. The van der Waals surface area contributed by atoms with Gasteiger partial charge in [-0.25, -0.2) is 0 Å². The quantitative estimate of drug-likeness (QED) is 0.408. The van der Waals surface area contributed by atoms with Crippen molar-refractivity contribution in [1.82, 2.24) is 0 Å². The number of hydrogen-bond donors (Lipinski definition) is 2. The molecule has 2 N–H and O–H groups in total. The highest BCUT2D eigenvalue weighted by Crippen LogP contribution is 2.08. The van der Waals surface area contributed by atoms with Gasteiger partial charge in [-0.05, 0) is 24.6 Å². The van der Waals surface area contributed by atoms with Gasteiger partial charge >= 0.3 is 0 Å². The van der Waals surface area contributed by atoms with Crippen LogP contribution in [0.3, 0.4) is 0 Å². The van der Waals surface area contributed by atoms with Gasteiger partial charge in [0.1, 0.15) is 6.21 Å². The molecule has 0 aromatic heterocycles. The predicted octanol–water partition coefficient (Wildman–Crippen LogP) is 1.39. The Morgan fingerprint density at radius 3 is 3.00 bits per heavy atom. The van der Waals surface area contributed by atoms with Crippen LogP contribution in [0.2, 0.25) is 0 Å². The second-order valence-corrected chi connectivity index (χ2v) is 2.60. The molecule has 1 aromatic rings. The SMILES string of the molecule is Cc1cccc(NC(=O)/C=N/O)c1. The zero-order valence-electron chi connectivity index (χ0n) is 7.19. The third kappa shape index (κ3) is 2.94. The number of aryl methyl sites for hydroxylation is 1. The number of carbonyl (C=O) groups excluding carboxylic acids is 1. The van der Waals surface area contributed by atoms with Gasteiger partial charge in [-0.1, -0.05) is 17.3 Å². The van der Waals surface area contributed by atoms with Gasteiger partial charge in [0.2, 0.25) is 0 Å². The summed E-state index contributed by atoms with van der Waals surface area (Å²) in [6.07, 6.45) is 0.808. The summed E-state index contributed by atoms with van der Waals surface area (Å²) < 4.78 is 0. The van der Waals surface area contributed by atoms with E-state index in [4.69, 9.17) is 5.21 Å². The van der Waals surface area contributed by atoms with E-state index in [1.54, 1.807) is 6.07 Å². The Bertz CT molecular complexity index is 334. The van der Waals surface area contributed by atoms with E-state index in [1.807, 2.05) is 25.1 Å².